The summed E-state index contributed by atoms with van der Waals surface area (Å²) in [5.41, 5.74) is 0.236. The summed E-state index contributed by atoms with van der Waals surface area (Å²) in [5.74, 6) is 0.320. The SMILES string of the molecule is CS(=O)(=O)CCC(=O)C1CC12CCNCC2. The molecule has 0 aromatic rings. The Morgan fingerprint density at radius 3 is 2.56 bits per heavy atom. The maximum atomic E-state index is 11.8. The van der Waals surface area contributed by atoms with E-state index in [1.807, 2.05) is 0 Å². The summed E-state index contributed by atoms with van der Waals surface area (Å²) in [4.78, 5) is 11.8. The standard InChI is InChI=1S/C11H19NO3S/c1-16(14,15)7-2-10(13)9-8-11(9)3-5-12-6-4-11/h9,12H,2-8H2,1H3. The van der Waals surface area contributed by atoms with Gasteiger partial charge in [-0.25, -0.2) is 8.42 Å². The van der Waals surface area contributed by atoms with Crippen LogP contribution < -0.4 is 5.32 Å². The summed E-state index contributed by atoms with van der Waals surface area (Å²) < 4.78 is 22.0. The van der Waals surface area contributed by atoms with Crippen LogP contribution in [0, 0.1) is 11.3 Å². The van der Waals surface area contributed by atoms with E-state index in [1.165, 1.54) is 6.26 Å². The summed E-state index contributed by atoms with van der Waals surface area (Å²) in [5, 5.41) is 3.29. The van der Waals surface area contributed by atoms with Crippen molar-refractivity contribution in [3.05, 3.63) is 0 Å². The van der Waals surface area contributed by atoms with Crippen molar-refractivity contribution in [3.63, 3.8) is 0 Å². The number of nitrogens with one attached hydrogen (secondary N) is 1. The molecule has 0 aromatic heterocycles. The normalized spacial score (nSPS) is 27.9. The molecule has 92 valence electrons. The van der Waals surface area contributed by atoms with Gasteiger partial charge in [0.25, 0.3) is 0 Å². The fourth-order valence-corrected chi connectivity index (χ4v) is 3.31. The van der Waals surface area contributed by atoms with Crippen LogP contribution in [0.15, 0.2) is 0 Å². The first kappa shape index (κ1) is 12.0. The van der Waals surface area contributed by atoms with E-state index in [0.29, 0.717) is 0 Å². The van der Waals surface area contributed by atoms with Gasteiger partial charge < -0.3 is 5.32 Å². The van der Waals surface area contributed by atoms with E-state index in [-0.39, 0.29) is 29.3 Å². The first-order valence-electron chi connectivity index (χ1n) is 5.84. The Bertz CT molecular complexity index is 382. The highest BCUT2D eigenvalue weighted by Crippen LogP contribution is 2.59. The summed E-state index contributed by atoms with van der Waals surface area (Å²) >= 11 is 0. The van der Waals surface area contributed by atoms with E-state index < -0.39 is 9.84 Å². The van der Waals surface area contributed by atoms with E-state index in [2.05, 4.69) is 5.32 Å². The van der Waals surface area contributed by atoms with Crippen LogP contribution in [0.3, 0.4) is 0 Å². The van der Waals surface area contributed by atoms with Crippen molar-refractivity contribution in [2.24, 2.45) is 11.3 Å². The number of carbonyl (C=O) groups is 1. The van der Waals surface area contributed by atoms with E-state index in [1.54, 1.807) is 0 Å². The smallest absolute Gasteiger partial charge is 0.147 e. The maximum Gasteiger partial charge on any atom is 0.147 e. The minimum Gasteiger partial charge on any atom is -0.317 e. The summed E-state index contributed by atoms with van der Waals surface area (Å²) in [6.07, 6.45) is 4.52. The molecule has 0 radical (unpaired) electrons. The Morgan fingerprint density at radius 1 is 1.38 bits per heavy atom. The van der Waals surface area contributed by atoms with Crippen molar-refractivity contribution in [1.82, 2.24) is 5.32 Å². The van der Waals surface area contributed by atoms with Gasteiger partial charge in [-0.2, -0.15) is 0 Å². The lowest BCUT2D eigenvalue weighted by Crippen LogP contribution is -2.30. The third-order valence-electron chi connectivity index (χ3n) is 3.90. The van der Waals surface area contributed by atoms with Gasteiger partial charge in [0.05, 0.1) is 5.75 Å². The van der Waals surface area contributed by atoms with Crippen LogP contribution in [0.2, 0.25) is 0 Å². The van der Waals surface area contributed by atoms with Crippen LogP contribution in [0.1, 0.15) is 25.7 Å². The topological polar surface area (TPSA) is 63.2 Å². The molecule has 0 bridgehead atoms. The van der Waals surface area contributed by atoms with Gasteiger partial charge in [-0.15, -0.1) is 0 Å². The Hall–Kier alpha value is -0.420. The average Bonchev–Trinajstić information content (AvgIpc) is 2.89. The number of piperidine rings is 1. The largest absolute Gasteiger partial charge is 0.317 e. The van der Waals surface area contributed by atoms with Crippen molar-refractivity contribution in [3.8, 4) is 0 Å². The molecule has 1 atom stereocenters. The molecule has 2 aliphatic rings. The van der Waals surface area contributed by atoms with Crippen molar-refractivity contribution in [1.29, 1.82) is 0 Å². The molecule has 0 amide bonds. The van der Waals surface area contributed by atoms with Gasteiger partial charge >= 0.3 is 0 Å². The van der Waals surface area contributed by atoms with Gasteiger partial charge in [0.15, 0.2) is 0 Å². The highest BCUT2D eigenvalue weighted by molar-refractivity contribution is 7.90. The minimum atomic E-state index is -3.00. The Balaban J connectivity index is 1.84. The van der Waals surface area contributed by atoms with Gasteiger partial charge in [-0.3, -0.25) is 4.79 Å². The molecule has 1 saturated heterocycles. The number of rotatable bonds is 4. The van der Waals surface area contributed by atoms with E-state index in [4.69, 9.17) is 0 Å². The first-order chi connectivity index (χ1) is 7.43. The van der Waals surface area contributed by atoms with Crippen LogP contribution in [0.4, 0.5) is 0 Å². The van der Waals surface area contributed by atoms with Gasteiger partial charge in [-0.1, -0.05) is 0 Å². The predicted octanol–water partition coefficient (Wildman–Crippen LogP) is 0.380. The summed E-state index contributed by atoms with van der Waals surface area (Å²) in [7, 11) is -3.00. The number of Topliss-reactive ketones (excluding diaryl/α,β-unsaturated/α-hetero) is 1. The second-order valence-corrected chi connectivity index (χ2v) is 7.48. The third-order valence-corrected chi connectivity index (χ3v) is 4.84. The highest BCUT2D eigenvalue weighted by Gasteiger charge is 2.56. The number of ketones is 1. The van der Waals surface area contributed by atoms with Gasteiger partial charge in [0.1, 0.15) is 15.6 Å². The molecule has 0 aromatic carbocycles. The molecular weight excluding hydrogens is 226 g/mol. The molecule has 4 nitrogen and oxygen atoms in total. The lowest BCUT2D eigenvalue weighted by Gasteiger charge is -2.23. The van der Waals surface area contributed by atoms with Crippen molar-refractivity contribution in [2.75, 3.05) is 25.1 Å². The Morgan fingerprint density at radius 2 is 2.00 bits per heavy atom. The quantitative estimate of drug-likeness (QED) is 0.778. The zero-order valence-corrected chi connectivity index (χ0v) is 10.5. The molecule has 2 rings (SSSR count). The van der Waals surface area contributed by atoms with Gasteiger partial charge in [0.2, 0.25) is 0 Å². The van der Waals surface area contributed by atoms with Crippen molar-refractivity contribution >= 4 is 15.6 Å². The van der Waals surface area contributed by atoms with Crippen LogP contribution in [-0.4, -0.2) is 39.3 Å². The molecule has 16 heavy (non-hydrogen) atoms. The van der Waals surface area contributed by atoms with Gasteiger partial charge in [0, 0.05) is 18.6 Å². The molecule has 1 N–H and O–H groups in total. The lowest BCUT2D eigenvalue weighted by molar-refractivity contribution is -0.120. The first-order valence-corrected chi connectivity index (χ1v) is 7.90. The molecule has 2 fully saturated rings. The predicted molar refractivity (Wildman–Crippen MR) is 62.0 cm³/mol. The Labute approximate surface area is 96.7 Å². The zero-order chi connectivity index (χ0) is 11.8. The lowest BCUT2D eigenvalue weighted by atomic mass is 9.90. The second kappa shape index (κ2) is 4.11. The van der Waals surface area contributed by atoms with Crippen molar-refractivity contribution in [2.45, 2.75) is 25.7 Å². The van der Waals surface area contributed by atoms with Gasteiger partial charge in [-0.05, 0) is 37.8 Å². The highest BCUT2D eigenvalue weighted by atomic mass is 32.2. The average molecular weight is 245 g/mol. The molecular formula is C11H19NO3S. The Kier molecular flexibility index (Phi) is 3.09. The van der Waals surface area contributed by atoms with Crippen LogP contribution >= 0.6 is 0 Å². The molecule has 1 saturated carbocycles. The van der Waals surface area contributed by atoms with E-state index in [9.17, 15) is 13.2 Å². The van der Waals surface area contributed by atoms with Crippen molar-refractivity contribution < 1.29 is 13.2 Å². The summed E-state index contributed by atoms with van der Waals surface area (Å²) in [6, 6.07) is 0. The molecule has 1 aliphatic heterocycles. The van der Waals surface area contributed by atoms with E-state index >= 15 is 0 Å². The monoisotopic (exact) mass is 245 g/mol. The fourth-order valence-electron chi connectivity index (χ4n) is 2.74. The number of carbonyl (C=O) groups excluding carboxylic acids is 1. The zero-order valence-electron chi connectivity index (χ0n) is 9.66. The third kappa shape index (κ3) is 2.63. The number of hydrogen-bond acceptors (Lipinski definition) is 4. The van der Waals surface area contributed by atoms with Crippen LogP contribution in [0.5, 0.6) is 0 Å². The molecule has 1 spiro atoms. The van der Waals surface area contributed by atoms with Crippen LogP contribution in [0.25, 0.3) is 0 Å². The minimum absolute atomic E-state index is 0.0106. The molecule has 1 heterocycles. The molecule has 5 heteroatoms. The maximum absolute atomic E-state index is 11.8. The van der Waals surface area contributed by atoms with E-state index in [0.717, 1.165) is 32.4 Å². The molecule has 1 aliphatic carbocycles. The molecule has 1 unspecified atom stereocenters. The fraction of sp³-hybridized carbons (Fsp3) is 0.909. The summed E-state index contributed by atoms with van der Waals surface area (Å²) in [6.45, 7) is 1.99. The number of sulfone groups is 1. The van der Waals surface area contributed by atoms with Crippen LogP contribution in [-0.2, 0) is 14.6 Å². The second-order valence-electron chi connectivity index (χ2n) is 5.22. The number of hydrogen-bond donors (Lipinski definition) is 1.